The lowest BCUT2D eigenvalue weighted by Crippen LogP contribution is -2.10. The van der Waals surface area contributed by atoms with Gasteiger partial charge in [0.15, 0.2) is 0 Å². The van der Waals surface area contributed by atoms with E-state index >= 15 is 0 Å². The molecule has 0 radical (unpaired) electrons. The van der Waals surface area contributed by atoms with E-state index in [-0.39, 0.29) is 5.41 Å². The van der Waals surface area contributed by atoms with Gasteiger partial charge in [-0.05, 0) is 29.5 Å². The number of thiophene rings is 1. The molecular formula is C15H18S. The number of benzene rings is 1. The van der Waals surface area contributed by atoms with E-state index in [0.717, 1.165) is 0 Å². The van der Waals surface area contributed by atoms with Gasteiger partial charge >= 0.3 is 0 Å². The van der Waals surface area contributed by atoms with Gasteiger partial charge in [0.05, 0.1) is 0 Å². The number of aryl methyl sites for hydroxylation is 1. The summed E-state index contributed by atoms with van der Waals surface area (Å²) in [5.41, 5.74) is 3.04. The lowest BCUT2D eigenvalue weighted by molar-refractivity contribution is 0.589. The fraction of sp³-hybridized carbons (Fsp3) is 0.333. The zero-order valence-electron chi connectivity index (χ0n) is 10.4. The highest BCUT2D eigenvalue weighted by molar-refractivity contribution is 7.15. The van der Waals surface area contributed by atoms with Crippen molar-refractivity contribution in [2.45, 2.75) is 33.1 Å². The summed E-state index contributed by atoms with van der Waals surface area (Å²) in [4.78, 5) is 2.81. The second-order valence-electron chi connectivity index (χ2n) is 5.20. The summed E-state index contributed by atoms with van der Waals surface area (Å²) in [6.07, 6.45) is 0. The Labute approximate surface area is 102 Å². The molecule has 1 heteroatoms. The van der Waals surface area contributed by atoms with Crippen LogP contribution in [0.15, 0.2) is 36.4 Å². The molecule has 2 aromatic rings. The minimum absolute atomic E-state index is 0.244. The molecule has 84 valence electrons. The molecule has 0 amide bonds. The van der Waals surface area contributed by atoms with Gasteiger partial charge in [-0.25, -0.2) is 0 Å². The van der Waals surface area contributed by atoms with Gasteiger partial charge in [0.2, 0.25) is 0 Å². The van der Waals surface area contributed by atoms with Gasteiger partial charge in [0, 0.05) is 9.75 Å². The van der Waals surface area contributed by atoms with Crippen LogP contribution in [-0.4, -0.2) is 0 Å². The lowest BCUT2D eigenvalue weighted by atomic mass is 9.87. The minimum Gasteiger partial charge on any atom is -0.140 e. The first kappa shape index (κ1) is 11.4. The standard InChI is InChI=1S/C15H18S/c1-11-13(15(2,3)4)10-14(16-11)12-8-6-5-7-9-12/h5-10H,1-4H3. The smallest absolute Gasteiger partial charge is 0.0348 e. The van der Waals surface area contributed by atoms with Crippen LogP contribution < -0.4 is 0 Å². The second-order valence-corrected chi connectivity index (χ2v) is 6.45. The zero-order chi connectivity index (χ0) is 11.8. The maximum absolute atomic E-state index is 2.34. The van der Waals surface area contributed by atoms with Gasteiger partial charge in [-0.3, -0.25) is 0 Å². The van der Waals surface area contributed by atoms with E-state index in [4.69, 9.17) is 0 Å². The SMILES string of the molecule is Cc1sc(-c2ccccc2)cc1C(C)(C)C. The number of rotatable bonds is 1. The molecule has 1 heterocycles. The van der Waals surface area contributed by atoms with E-state index in [0.29, 0.717) is 0 Å². The fourth-order valence-corrected chi connectivity index (χ4v) is 3.21. The molecule has 0 saturated carbocycles. The van der Waals surface area contributed by atoms with Crippen molar-refractivity contribution in [1.29, 1.82) is 0 Å². The second kappa shape index (κ2) is 4.06. The Kier molecular flexibility index (Phi) is 2.90. The highest BCUT2D eigenvalue weighted by Gasteiger charge is 2.19. The molecule has 0 N–H and O–H groups in total. The molecule has 0 bridgehead atoms. The Morgan fingerprint density at radius 1 is 1.00 bits per heavy atom. The molecule has 16 heavy (non-hydrogen) atoms. The third kappa shape index (κ3) is 2.19. The van der Waals surface area contributed by atoms with Gasteiger partial charge in [-0.2, -0.15) is 0 Å². The summed E-state index contributed by atoms with van der Waals surface area (Å²) in [5.74, 6) is 0. The predicted molar refractivity (Wildman–Crippen MR) is 73.2 cm³/mol. The zero-order valence-corrected chi connectivity index (χ0v) is 11.2. The molecule has 1 aromatic carbocycles. The van der Waals surface area contributed by atoms with E-state index in [2.05, 4.69) is 64.1 Å². The lowest BCUT2D eigenvalue weighted by Gasteiger charge is -2.17. The van der Waals surface area contributed by atoms with Gasteiger partial charge < -0.3 is 0 Å². The Morgan fingerprint density at radius 2 is 1.62 bits per heavy atom. The Bertz CT molecular complexity index is 472. The molecule has 0 unspecified atom stereocenters. The van der Waals surface area contributed by atoms with Crippen LogP contribution >= 0.6 is 11.3 Å². The van der Waals surface area contributed by atoms with Crippen LogP contribution in [-0.2, 0) is 5.41 Å². The summed E-state index contributed by atoms with van der Waals surface area (Å²) in [6.45, 7) is 9.04. The van der Waals surface area contributed by atoms with E-state index in [1.807, 2.05) is 11.3 Å². The Morgan fingerprint density at radius 3 is 2.12 bits per heavy atom. The third-order valence-corrected chi connectivity index (χ3v) is 3.88. The summed E-state index contributed by atoms with van der Waals surface area (Å²) in [5, 5.41) is 0. The first-order valence-electron chi connectivity index (χ1n) is 5.65. The van der Waals surface area contributed by atoms with Crippen molar-refractivity contribution in [2.24, 2.45) is 0 Å². The molecule has 0 spiro atoms. The molecule has 0 nitrogen and oxygen atoms in total. The molecule has 1 aromatic heterocycles. The van der Waals surface area contributed by atoms with Crippen molar-refractivity contribution in [1.82, 2.24) is 0 Å². The first-order valence-corrected chi connectivity index (χ1v) is 6.46. The number of hydrogen-bond acceptors (Lipinski definition) is 1. The van der Waals surface area contributed by atoms with E-state index in [9.17, 15) is 0 Å². The average Bonchev–Trinajstić information content (AvgIpc) is 2.61. The molecule has 0 aliphatic heterocycles. The maximum Gasteiger partial charge on any atom is 0.0348 e. The Hall–Kier alpha value is -1.08. The largest absolute Gasteiger partial charge is 0.140 e. The minimum atomic E-state index is 0.244. The van der Waals surface area contributed by atoms with Crippen LogP contribution in [0.3, 0.4) is 0 Å². The van der Waals surface area contributed by atoms with Crippen molar-refractivity contribution in [3.05, 3.63) is 46.8 Å². The van der Waals surface area contributed by atoms with Crippen LogP contribution in [0.1, 0.15) is 31.2 Å². The monoisotopic (exact) mass is 230 g/mol. The first-order chi connectivity index (χ1) is 7.48. The molecule has 0 fully saturated rings. The van der Waals surface area contributed by atoms with Crippen LogP contribution in [0.4, 0.5) is 0 Å². The van der Waals surface area contributed by atoms with Crippen LogP contribution in [0.2, 0.25) is 0 Å². The highest BCUT2D eigenvalue weighted by atomic mass is 32.1. The molecule has 0 saturated heterocycles. The summed E-state index contributed by atoms with van der Waals surface area (Å²) in [7, 11) is 0. The van der Waals surface area contributed by atoms with Gasteiger partial charge in [-0.1, -0.05) is 51.1 Å². The van der Waals surface area contributed by atoms with E-state index in [1.165, 1.54) is 20.9 Å². The third-order valence-electron chi connectivity index (χ3n) is 2.78. The molecule has 0 aliphatic carbocycles. The molecule has 0 atom stereocenters. The highest BCUT2D eigenvalue weighted by Crippen LogP contribution is 2.36. The fourth-order valence-electron chi connectivity index (χ4n) is 1.97. The Balaban J connectivity index is 2.47. The van der Waals surface area contributed by atoms with Crippen molar-refractivity contribution >= 4 is 11.3 Å². The maximum atomic E-state index is 2.34. The van der Waals surface area contributed by atoms with Gasteiger partial charge in [0.1, 0.15) is 0 Å². The summed E-state index contributed by atoms with van der Waals surface area (Å²) >= 11 is 1.89. The summed E-state index contributed by atoms with van der Waals surface area (Å²) < 4.78 is 0. The average molecular weight is 230 g/mol. The van der Waals surface area contributed by atoms with Crippen LogP contribution in [0.5, 0.6) is 0 Å². The van der Waals surface area contributed by atoms with Crippen molar-refractivity contribution in [3.63, 3.8) is 0 Å². The van der Waals surface area contributed by atoms with Crippen LogP contribution in [0, 0.1) is 6.92 Å². The van der Waals surface area contributed by atoms with Crippen LogP contribution in [0.25, 0.3) is 10.4 Å². The molecule has 2 rings (SSSR count). The quantitative estimate of drug-likeness (QED) is 0.645. The van der Waals surface area contributed by atoms with Crippen molar-refractivity contribution < 1.29 is 0 Å². The van der Waals surface area contributed by atoms with E-state index < -0.39 is 0 Å². The van der Waals surface area contributed by atoms with Gasteiger partial charge in [-0.15, -0.1) is 11.3 Å². The molecular weight excluding hydrogens is 212 g/mol. The van der Waals surface area contributed by atoms with Crippen molar-refractivity contribution in [2.75, 3.05) is 0 Å². The topological polar surface area (TPSA) is 0 Å². The van der Waals surface area contributed by atoms with Gasteiger partial charge in [0.25, 0.3) is 0 Å². The normalized spacial score (nSPS) is 11.8. The number of hydrogen-bond donors (Lipinski definition) is 0. The summed E-state index contributed by atoms with van der Waals surface area (Å²) in [6, 6.07) is 13.0. The van der Waals surface area contributed by atoms with Crippen molar-refractivity contribution in [3.8, 4) is 10.4 Å². The van der Waals surface area contributed by atoms with E-state index in [1.54, 1.807) is 0 Å². The molecule has 0 aliphatic rings. The predicted octanol–water partition coefficient (Wildman–Crippen LogP) is 5.02.